The Morgan fingerprint density at radius 1 is 1.05 bits per heavy atom. The monoisotopic (exact) mass is 544 g/mol. The second-order valence-corrected chi connectivity index (χ2v) is 12.4. The number of likely N-dealkylation sites (N-methyl/N-ethyl adjacent to an activating group) is 1. The van der Waals surface area contributed by atoms with E-state index in [0.717, 1.165) is 32.6 Å². The number of hydrogen-bond donors (Lipinski definition) is 2. The van der Waals surface area contributed by atoms with Crippen LogP contribution in [0, 0.1) is 0 Å². The molecule has 2 aromatic rings. The summed E-state index contributed by atoms with van der Waals surface area (Å²) in [6.07, 6.45) is 0.995. The van der Waals surface area contributed by atoms with Crippen LogP contribution in [0.15, 0.2) is 47.4 Å². The van der Waals surface area contributed by atoms with Crippen molar-refractivity contribution in [2.45, 2.75) is 23.9 Å². The van der Waals surface area contributed by atoms with Crippen molar-refractivity contribution >= 4 is 21.6 Å². The molecule has 11 heteroatoms. The van der Waals surface area contributed by atoms with Crippen molar-refractivity contribution in [3.8, 4) is 5.75 Å². The van der Waals surface area contributed by atoms with Gasteiger partial charge in [0.15, 0.2) is 6.61 Å². The van der Waals surface area contributed by atoms with Gasteiger partial charge in [0.05, 0.1) is 5.69 Å². The Hall–Kier alpha value is -2.70. The highest BCUT2D eigenvalue weighted by atomic mass is 32.2. The van der Waals surface area contributed by atoms with E-state index in [-0.39, 0.29) is 29.2 Å². The molecule has 208 valence electrons. The molecule has 2 aromatic carbocycles. The van der Waals surface area contributed by atoms with Gasteiger partial charge in [0.1, 0.15) is 10.6 Å². The minimum atomic E-state index is -3.82. The van der Waals surface area contributed by atoms with Gasteiger partial charge in [0.25, 0.3) is 5.91 Å². The molecule has 0 spiro atoms. The third kappa shape index (κ3) is 6.83. The third-order valence-corrected chi connectivity index (χ3v) is 9.05. The largest absolute Gasteiger partial charge is 0.482 e. The number of nitrogens with one attached hydrogen (secondary N) is 1. The average molecular weight is 545 g/mol. The summed E-state index contributed by atoms with van der Waals surface area (Å²) in [6, 6.07) is 13.4. The first-order valence-electron chi connectivity index (χ1n) is 13.1. The topological polar surface area (TPSA) is 111 Å². The molecule has 0 saturated carbocycles. The molecule has 0 aromatic heterocycles. The van der Waals surface area contributed by atoms with E-state index < -0.39 is 10.0 Å². The van der Waals surface area contributed by atoms with Gasteiger partial charge >= 0.3 is 0 Å². The van der Waals surface area contributed by atoms with E-state index in [1.807, 2.05) is 7.05 Å². The Kier molecular flexibility index (Phi) is 9.27. The number of anilines is 1. The maximum atomic E-state index is 13.3. The Balaban J connectivity index is 1.35. The fraction of sp³-hybridized carbons (Fsp3) is 0.519. The molecule has 2 aliphatic rings. The summed E-state index contributed by atoms with van der Waals surface area (Å²) in [5.74, 6) is -0.177. The van der Waals surface area contributed by atoms with Gasteiger partial charge in [0, 0.05) is 72.5 Å². The lowest BCUT2D eigenvalue weighted by atomic mass is 9.99. The van der Waals surface area contributed by atoms with Gasteiger partial charge in [-0.2, -0.15) is 0 Å². The summed E-state index contributed by atoms with van der Waals surface area (Å²) in [5.41, 5.74) is 9.62. The third-order valence-electron chi connectivity index (χ3n) is 7.16. The molecule has 0 bridgehead atoms. The van der Waals surface area contributed by atoms with E-state index in [1.54, 1.807) is 18.2 Å². The van der Waals surface area contributed by atoms with Gasteiger partial charge in [0.2, 0.25) is 10.0 Å². The molecular weight excluding hydrogens is 504 g/mol. The summed E-state index contributed by atoms with van der Waals surface area (Å²) >= 11 is 0. The molecule has 4 rings (SSSR count). The molecule has 0 radical (unpaired) electrons. The summed E-state index contributed by atoms with van der Waals surface area (Å²) in [6.45, 7) is 5.55. The average Bonchev–Trinajstić information content (AvgIpc) is 2.90. The van der Waals surface area contributed by atoms with Crippen LogP contribution in [0.2, 0.25) is 0 Å². The van der Waals surface area contributed by atoms with Crippen molar-refractivity contribution in [3.05, 3.63) is 53.6 Å². The predicted octanol–water partition coefficient (Wildman–Crippen LogP) is 0.569. The zero-order valence-corrected chi connectivity index (χ0v) is 23.4. The SMILES string of the molecule is CN1CCN(c2cccc(OCC(=O)NCC(N)CN3CCc4ccccc4C3)c2S(=O)(=O)N(C)C)CC1. The van der Waals surface area contributed by atoms with Crippen molar-refractivity contribution < 1.29 is 17.9 Å². The summed E-state index contributed by atoms with van der Waals surface area (Å²) < 4.78 is 33.6. The van der Waals surface area contributed by atoms with Crippen molar-refractivity contribution in [1.82, 2.24) is 19.4 Å². The molecule has 1 amide bonds. The number of amides is 1. The van der Waals surface area contributed by atoms with E-state index in [0.29, 0.717) is 31.9 Å². The number of fused-ring (bicyclic) bond motifs is 1. The fourth-order valence-corrected chi connectivity index (χ4v) is 6.11. The van der Waals surface area contributed by atoms with Gasteiger partial charge in [-0.15, -0.1) is 0 Å². The lowest BCUT2D eigenvalue weighted by Gasteiger charge is -2.35. The minimum absolute atomic E-state index is 0.0874. The Morgan fingerprint density at radius 2 is 1.76 bits per heavy atom. The van der Waals surface area contributed by atoms with Gasteiger partial charge in [-0.1, -0.05) is 30.3 Å². The standard InChI is InChI=1S/C27H40N6O4S/c1-30(2)38(35,36)27-24(33-15-13-31(3)14-16-33)9-6-10-25(27)37-20-26(34)29-17-23(28)19-32-12-11-21-7-4-5-8-22(21)18-32/h4-10,23H,11-20,28H2,1-3H3,(H,29,34). The Morgan fingerprint density at radius 3 is 2.47 bits per heavy atom. The number of carbonyl (C=O) groups is 1. The van der Waals surface area contributed by atoms with Gasteiger partial charge in [-0.25, -0.2) is 12.7 Å². The van der Waals surface area contributed by atoms with E-state index in [1.165, 1.54) is 29.5 Å². The number of nitrogens with zero attached hydrogens (tertiary/aromatic N) is 4. The molecule has 1 atom stereocenters. The second-order valence-electron chi connectivity index (χ2n) is 10.3. The molecule has 0 aliphatic carbocycles. The minimum Gasteiger partial charge on any atom is -0.482 e. The number of carbonyl (C=O) groups excluding carboxylic acids is 1. The number of ether oxygens (including phenoxy) is 1. The fourth-order valence-electron chi connectivity index (χ4n) is 4.90. The van der Waals surface area contributed by atoms with Crippen molar-refractivity contribution in [2.75, 3.05) is 78.5 Å². The number of piperazine rings is 1. The van der Waals surface area contributed by atoms with Crippen LogP contribution in [0.3, 0.4) is 0 Å². The first-order chi connectivity index (χ1) is 18.1. The van der Waals surface area contributed by atoms with Gasteiger partial charge < -0.3 is 25.6 Å². The number of sulfonamides is 1. The molecule has 1 saturated heterocycles. The molecule has 2 aliphatic heterocycles. The van der Waals surface area contributed by atoms with Crippen LogP contribution >= 0.6 is 0 Å². The molecule has 10 nitrogen and oxygen atoms in total. The highest BCUT2D eigenvalue weighted by Gasteiger charge is 2.30. The van der Waals surface area contributed by atoms with Gasteiger partial charge in [-0.05, 0) is 36.7 Å². The predicted molar refractivity (Wildman–Crippen MR) is 149 cm³/mol. The molecule has 1 unspecified atom stereocenters. The van der Waals surface area contributed by atoms with E-state index in [9.17, 15) is 13.2 Å². The van der Waals surface area contributed by atoms with Crippen LogP contribution in [0.25, 0.3) is 0 Å². The normalized spacial score (nSPS) is 17.8. The lowest BCUT2D eigenvalue weighted by molar-refractivity contribution is -0.123. The van der Waals surface area contributed by atoms with E-state index in [4.69, 9.17) is 10.5 Å². The van der Waals surface area contributed by atoms with Gasteiger partial charge in [-0.3, -0.25) is 9.69 Å². The first-order valence-corrected chi connectivity index (χ1v) is 14.5. The van der Waals surface area contributed by atoms with Crippen LogP contribution in [-0.2, 0) is 27.8 Å². The zero-order valence-electron chi connectivity index (χ0n) is 22.6. The molecular formula is C27H40N6O4S. The summed E-state index contributed by atoms with van der Waals surface area (Å²) in [7, 11) is 1.22. The summed E-state index contributed by atoms with van der Waals surface area (Å²) in [5, 5.41) is 2.83. The second kappa shape index (κ2) is 12.4. The number of benzene rings is 2. The van der Waals surface area contributed by atoms with Crippen molar-refractivity contribution in [1.29, 1.82) is 0 Å². The summed E-state index contributed by atoms with van der Waals surface area (Å²) in [4.78, 5) is 19.3. The zero-order chi connectivity index (χ0) is 27.3. The van der Waals surface area contributed by atoms with Crippen LogP contribution < -0.4 is 20.7 Å². The highest BCUT2D eigenvalue weighted by Crippen LogP contribution is 2.36. The highest BCUT2D eigenvalue weighted by molar-refractivity contribution is 7.89. The lowest BCUT2D eigenvalue weighted by Crippen LogP contribution is -2.47. The van der Waals surface area contributed by atoms with Crippen LogP contribution in [0.5, 0.6) is 5.75 Å². The van der Waals surface area contributed by atoms with Crippen LogP contribution in [0.1, 0.15) is 11.1 Å². The quantitative estimate of drug-likeness (QED) is 0.447. The smallest absolute Gasteiger partial charge is 0.257 e. The van der Waals surface area contributed by atoms with E-state index >= 15 is 0 Å². The molecule has 3 N–H and O–H groups in total. The van der Waals surface area contributed by atoms with Crippen molar-refractivity contribution in [2.24, 2.45) is 5.73 Å². The van der Waals surface area contributed by atoms with E-state index in [2.05, 4.69) is 44.3 Å². The van der Waals surface area contributed by atoms with Crippen LogP contribution in [0.4, 0.5) is 5.69 Å². The number of rotatable bonds is 10. The first kappa shape index (κ1) is 28.3. The maximum Gasteiger partial charge on any atom is 0.257 e. The maximum absolute atomic E-state index is 13.3. The van der Waals surface area contributed by atoms with Crippen LogP contribution in [-0.4, -0.2) is 108 Å². The number of nitrogens with two attached hydrogens (primary N) is 1. The molecule has 2 heterocycles. The molecule has 38 heavy (non-hydrogen) atoms. The Labute approximate surface area is 226 Å². The van der Waals surface area contributed by atoms with Crippen molar-refractivity contribution in [3.63, 3.8) is 0 Å². The number of hydrogen-bond acceptors (Lipinski definition) is 8. The molecule has 1 fully saturated rings. The Bertz CT molecular complexity index is 1210.